The van der Waals surface area contributed by atoms with Crippen molar-refractivity contribution < 1.29 is 0 Å². The van der Waals surface area contributed by atoms with Gasteiger partial charge in [0.1, 0.15) is 0 Å². The summed E-state index contributed by atoms with van der Waals surface area (Å²) < 4.78 is 0. The van der Waals surface area contributed by atoms with E-state index >= 15 is 0 Å². The van der Waals surface area contributed by atoms with Crippen LogP contribution < -0.4 is 0 Å². The summed E-state index contributed by atoms with van der Waals surface area (Å²) in [5.41, 5.74) is 7.12. The molecule has 0 N–H and O–H groups in total. The van der Waals surface area contributed by atoms with Gasteiger partial charge in [-0.05, 0) is 68.6 Å². The molecule has 0 amide bonds. The van der Waals surface area contributed by atoms with Crippen LogP contribution in [0.2, 0.25) is 0 Å². The van der Waals surface area contributed by atoms with E-state index in [1.807, 2.05) is 72.9 Å². The van der Waals surface area contributed by atoms with Crippen LogP contribution >= 0.6 is 0 Å². The maximum Gasteiger partial charge on any atom is 0.164 e. The van der Waals surface area contributed by atoms with Crippen LogP contribution in [0.15, 0.2) is 158 Å². The summed E-state index contributed by atoms with van der Waals surface area (Å²) >= 11 is 0. The minimum atomic E-state index is 0. The number of fused-ring (bicyclic) bond motifs is 3. The fourth-order valence-electron chi connectivity index (χ4n) is 5.84. The van der Waals surface area contributed by atoms with Gasteiger partial charge in [-0.1, -0.05) is 115 Å². The van der Waals surface area contributed by atoms with Gasteiger partial charge in [-0.15, -0.1) is 0 Å². The van der Waals surface area contributed by atoms with Gasteiger partial charge < -0.3 is 0 Å². The molecule has 0 aliphatic carbocycles. The number of benzene rings is 6. The van der Waals surface area contributed by atoms with Gasteiger partial charge in [0.15, 0.2) is 17.5 Å². The molecule has 0 saturated heterocycles. The first-order chi connectivity index (χ1) is 21.8. The molecule has 2 heterocycles. The maximum absolute atomic E-state index is 5.04. The van der Waals surface area contributed by atoms with E-state index < -0.39 is 0 Å². The van der Waals surface area contributed by atoms with Crippen LogP contribution in [0.3, 0.4) is 0 Å². The van der Waals surface area contributed by atoms with E-state index in [1.54, 1.807) is 6.20 Å². The molecule has 2 aromatic heterocycles. The molecule has 0 aliphatic rings. The number of rotatable bonds is 5. The molecular formula is C40H26GaN4. The van der Waals surface area contributed by atoms with Gasteiger partial charge in [-0.2, -0.15) is 0 Å². The summed E-state index contributed by atoms with van der Waals surface area (Å²) in [4.78, 5) is 19.4. The third kappa shape index (κ3) is 5.55. The third-order valence-electron chi connectivity index (χ3n) is 7.96. The Morgan fingerprint density at radius 2 is 0.867 bits per heavy atom. The number of hydrogen-bond acceptors (Lipinski definition) is 4. The smallest absolute Gasteiger partial charge is 0.164 e. The molecule has 0 aliphatic heterocycles. The minimum absolute atomic E-state index is 0. The van der Waals surface area contributed by atoms with Crippen molar-refractivity contribution in [2.24, 2.45) is 0 Å². The van der Waals surface area contributed by atoms with Crippen LogP contribution in [0.5, 0.6) is 0 Å². The Hall–Kier alpha value is -5.36. The molecule has 0 spiro atoms. The number of aromatic nitrogens is 4. The van der Waals surface area contributed by atoms with Crippen molar-refractivity contribution in [3.8, 4) is 56.4 Å². The standard InChI is InChI=1S/C40H26N4.Ga/c1-3-12-27(13-4-1)38-42-39(28-14-5-2-6-15-28)44-40(43-38)33-23-31(30-17-11-21-41-26-30)22-32(24-33)37-25-29-16-7-8-18-34(29)35-19-9-10-20-36(35)37;/h1-26H;. The number of nitrogens with zero attached hydrogens (tertiary/aromatic N) is 4. The summed E-state index contributed by atoms with van der Waals surface area (Å²) in [6.45, 7) is 0. The first-order valence-corrected chi connectivity index (χ1v) is 14.6. The molecule has 0 bridgehead atoms. The van der Waals surface area contributed by atoms with Crippen LogP contribution in [0.4, 0.5) is 0 Å². The van der Waals surface area contributed by atoms with Crippen molar-refractivity contribution >= 4 is 41.3 Å². The Kier molecular flexibility index (Phi) is 7.78. The molecule has 0 atom stereocenters. The van der Waals surface area contributed by atoms with Gasteiger partial charge in [0.25, 0.3) is 0 Å². The van der Waals surface area contributed by atoms with Crippen LogP contribution in [-0.2, 0) is 0 Å². The zero-order valence-electron chi connectivity index (χ0n) is 24.4. The summed E-state index contributed by atoms with van der Waals surface area (Å²) in [6, 6.07) is 50.3. The molecule has 8 rings (SSSR count). The SMILES string of the molecule is [Ga].c1ccc(-c2nc(-c3ccccc3)nc(-c3cc(-c4cccnc4)cc(-c4cc5ccccc5c5ccccc45)c3)n2)cc1. The fourth-order valence-corrected chi connectivity index (χ4v) is 5.84. The Bertz CT molecular complexity index is 2210. The molecule has 209 valence electrons. The molecule has 0 saturated carbocycles. The Morgan fingerprint density at radius 3 is 1.51 bits per heavy atom. The van der Waals surface area contributed by atoms with Crippen molar-refractivity contribution in [2.75, 3.05) is 0 Å². The normalized spacial score (nSPS) is 10.9. The molecule has 6 aromatic carbocycles. The van der Waals surface area contributed by atoms with E-state index in [2.05, 4.69) is 83.8 Å². The van der Waals surface area contributed by atoms with Gasteiger partial charge >= 0.3 is 0 Å². The van der Waals surface area contributed by atoms with E-state index in [0.717, 1.165) is 38.9 Å². The van der Waals surface area contributed by atoms with Gasteiger partial charge in [0.2, 0.25) is 0 Å². The summed E-state index contributed by atoms with van der Waals surface area (Å²) in [6.07, 6.45) is 3.70. The largest absolute Gasteiger partial charge is 0.264 e. The second-order valence-corrected chi connectivity index (χ2v) is 10.8. The topological polar surface area (TPSA) is 51.6 Å². The molecule has 0 unspecified atom stereocenters. The molecule has 8 aromatic rings. The molecule has 3 radical (unpaired) electrons. The maximum atomic E-state index is 5.04. The van der Waals surface area contributed by atoms with E-state index in [9.17, 15) is 0 Å². The Morgan fingerprint density at radius 1 is 0.356 bits per heavy atom. The second kappa shape index (κ2) is 12.3. The van der Waals surface area contributed by atoms with E-state index in [4.69, 9.17) is 15.0 Å². The van der Waals surface area contributed by atoms with Gasteiger partial charge in [-0.3, -0.25) is 4.98 Å². The zero-order valence-corrected chi connectivity index (χ0v) is 26.8. The molecular weight excluding hydrogens is 606 g/mol. The molecule has 4 nitrogen and oxygen atoms in total. The molecule has 0 fully saturated rings. The predicted molar refractivity (Wildman–Crippen MR) is 186 cm³/mol. The average Bonchev–Trinajstić information content (AvgIpc) is 3.12. The molecule has 45 heavy (non-hydrogen) atoms. The van der Waals surface area contributed by atoms with Crippen molar-refractivity contribution in [1.82, 2.24) is 19.9 Å². The van der Waals surface area contributed by atoms with E-state index in [1.165, 1.54) is 21.5 Å². The number of pyridine rings is 1. The van der Waals surface area contributed by atoms with Gasteiger partial charge in [0, 0.05) is 54.4 Å². The predicted octanol–water partition coefficient (Wildman–Crippen LogP) is 9.53. The van der Waals surface area contributed by atoms with Crippen molar-refractivity contribution in [3.63, 3.8) is 0 Å². The number of hydrogen-bond donors (Lipinski definition) is 0. The van der Waals surface area contributed by atoms with Crippen LogP contribution in [-0.4, -0.2) is 39.7 Å². The van der Waals surface area contributed by atoms with Gasteiger partial charge in [0.05, 0.1) is 0 Å². The summed E-state index contributed by atoms with van der Waals surface area (Å²) in [5.74, 6) is 1.90. The third-order valence-corrected chi connectivity index (χ3v) is 7.96. The van der Waals surface area contributed by atoms with Crippen molar-refractivity contribution in [3.05, 3.63) is 158 Å². The minimum Gasteiger partial charge on any atom is -0.264 e. The van der Waals surface area contributed by atoms with Gasteiger partial charge in [-0.25, -0.2) is 15.0 Å². The van der Waals surface area contributed by atoms with Crippen molar-refractivity contribution in [1.29, 1.82) is 0 Å². The molecule has 5 heteroatoms. The fraction of sp³-hybridized carbons (Fsp3) is 0. The van der Waals surface area contributed by atoms with Crippen LogP contribution in [0, 0.1) is 0 Å². The first-order valence-electron chi connectivity index (χ1n) is 14.6. The van der Waals surface area contributed by atoms with Crippen LogP contribution in [0.1, 0.15) is 0 Å². The van der Waals surface area contributed by atoms with E-state index in [0.29, 0.717) is 17.5 Å². The summed E-state index contributed by atoms with van der Waals surface area (Å²) in [7, 11) is 0. The second-order valence-electron chi connectivity index (χ2n) is 10.8. The first kappa shape index (κ1) is 28.4. The zero-order chi connectivity index (χ0) is 29.3. The Balaban J connectivity index is 0.00000325. The van der Waals surface area contributed by atoms with Crippen LogP contribution in [0.25, 0.3) is 78.0 Å². The van der Waals surface area contributed by atoms with E-state index in [-0.39, 0.29) is 19.8 Å². The van der Waals surface area contributed by atoms with Crippen molar-refractivity contribution in [2.45, 2.75) is 0 Å². The summed E-state index contributed by atoms with van der Waals surface area (Å²) in [5, 5.41) is 4.87. The monoisotopic (exact) mass is 631 g/mol. The quantitative estimate of drug-likeness (QED) is 0.140. The Labute approximate surface area is 274 Å². The average molecular weight is 632 g/mol.